The molecule has 1 aliphatic heterocycles. The molecule has 0 radical (unpaired) electrons. The van der Waals surface area contributed by atoms with Crippen LogP contribution in [0, 0.1) is 0 Å². The summed E-state index contributed by atoms with van der Waals surface area (Å²) in [5.41, 5.74) is 2.09. The minimum absolute atomic E-state index is 0.136. The second kappa shape index (κ2) is 10.7. The fourth-order valence-corrected chi connectivity index (χ4v) is 7.24. The number of carbonyl (C=O) groups excluding carboxylic acids is 1. The van der Waals surface area contributed by atoms with Gasteiger partial charge in [0.25, 0.3) is 21.5 Å². The molecule has 1 aromatic heterocycles. The molecule has 0 saturated heterocycles. The van der Waals surface area contributed by atoms with Crippen molar-refractivity contribution in [2.24, 2.45) is 0 Å². The van der Waals surface area contributed by atoms with Gasteiger partial charge in [-0.25, -0.2) is 8.42 Å². The number of amides is 1. The van der Waals surface area contributed by atoms with Crippen molar-refractivity contribution in [3.63, 3.8) is 0 Å². The van der Waals surface area contributed by atoms with Crippen LogP contribution in [-0.2, 0) is 31.5 Å². The topological polar surface area (TPSA) is 138 Å². The van der Waals surface area contributed by atoms with Crippen molar-refractivity contribution in [3.8, 4) is 0 Å². The second-order valence-electron chi connectivity index (χ2n) is 10.0. The largest absolute Gasteiger partial charge is 0.398 e. The minimum Gasteiger partial charge on any atom is -0.398 e. The Bertz CT molecular complexity index is 2140. The molecule has 0 saturated carbocycles. The highest BCUT2D eigenvalue weighted by atomic mass is 32.2. The van der Waals surface area contributed by atoms with Gasteiger partial charge >= 0.3 is 5.89 Å². The molecular formula is C29H26N3O7S3+. The molecule has 2 N–H and O–H groups in total. The number of fused-ring (bicyclic) bond motifs is 5. The molecule has 1 aliphatic rings. The lowest BCUT2D eigenvalue weighted by molar-refractivity contribution is -0.677. The van der Waals surface area contributed by atoms with Crippen molar-refractivity contribution >= 4 is 82.2 Å². The molecule has 0 bridgehead atoms. The van der Waals surface area contributed by atoms with E-state index in [0.717, 1.165) is 43.9 Å². The number of hydrogen-bond donors (Lipinski definition) is 2. The van der Waals surface area contributed by atoms with E-state index in [-0.39, 0.29) is 19.5 Å². The van der Waals surface area contributed by atoms with Gasteiger partial charge in [0.15, 0.2) is 6.54 Å². The average molecular weight is 625 g/mol. The lowest BCUT2D eigenvalue weighted by Crippen LogP contribution is -2.39. The lowest BCUT2D eigenvalue weighted by atomic mass is 10.1. The van der Waals surface area contributed by atoms with E-state index in [1.54, 1.807) is 11.0 Å². The van der Waals surface area contributed by atoms with Gasteiger partial charge in [0.05, 0.1) is 34.2 Å². The third-order valence-corrected chi connectivity index (χ3v) is 9.34. The Kier molecular flexibility index (Phi) is 7.21. The summed E-state index contributed by atoms with van der Waals surface area (Å²) >= 11 is 1.41. The molecule has 6 rings (SSSR count). The summed E-state index contributed by atoms with van der Waals surface area (Å²) in [6, 6.07) is 23.3. The number of hydrogen-bond acceptors (Lipinski definition) is 8. The Morgan fingerprint density at radius 2 is 1.69 bits per heavy atom. The van der Waals surface area contributed by atoms with Crippen LogP contribution >= 0.6 is 11.8 Å². The first-order valence-corrected chi connectivity index (χ1v) is 17.3. The number of aromatic nitrogens is 1. The molecule has 2 heterocycles. The summed E-state index contributed by atoms with van der Waals surface area (Å²) in [4.78, 5) is 15.4. The first-order valence-electron chi connectivity index (χ1n) is 12.9. The summed E-state index contributed by atoms with van der Waals surface area (Å²) in [5.74, 6) is -0.704. The number of nitrogens with one attached hydrogen (secondary N) is 1. The molecule has 10 nitrogen and oxygen atoms in total. The fraction of sp³-hybridized carbons (Fsp3) is 0.172. The quantitative estimate of drug-likeness (QED) is 0.191. The Labute approximate surface area is 246 Å². The standard InChI is InChI=1S/C29H25N3O7S3/c1-41(34,35)30-26(33)18-32-23-15-20-8-2-3-9-21(20)16-25(23)40-28(32)17-27-31(13-6-14-42(36,37)38)29-22-10-5-4-7-19(22)11-12-24(29)39-27/h2-5,7-12,15-17H,6,13-14,18H2,1H3,(H-,30,33,36,37,38)/p+1. The molecule has 216 valence electrons. The molecule has 13 heteroatoms. The molecule has 0 fully saturated rings. The van der Waals surface area contributed by atoms with Crippen LogP contribution in [0.15, 0.2) is 87.1 Å². The summed E-state index contributed by atoms with van der Waals surface area (Å²) in [6.07, 6.45) is 2.83. The summed E-state index contributed by atoms with van der Waals surface area (Å²) in [7, 11) is -7.93. The van der Waals surface area contributed by atoms with Crippen molar-refractivity contribution in [2.75, 3.05) is 23.5 Å². The van der Waals surface area contributed by atoms with Crippen LogP contribution in [0.3, 0.4) is 0 Å². The third-order valence-electron chi connectivity index (χ3n) is 6.84. The Hall–Kier alpha value is -3.91. The van der Waals surface area contributed by atoms with Crippen LogP contribution in [-0.4, -0.2) is 45.8 Å². The average Bonchev–Trinajstić information content (AvgIpc) is 3.43. The van der Waals surface area contributed by atoms with E-state index in [0.29, 0.717) is 16.5 Å². The number of thioether (sulfide) groups is 1. The number of anilines is 1. The predicted octanol–water partition coefficient (Wildman–Crippen LogP) is 4.29. The van der Waals surface area contributed by atoms with Crippen molar-refractivity contribution < 1.29 is 35.2 Å². The second-order valence-corrected chi connectivity index (χ2v) is 14.4. The number of carbonyl (C=O) groups is 1. The number of aryl methyl sites for hydroxylation is 1. The van der Waals surface area contributed by atoms with Crippen LogP contribution in [0.25, 0.3) is 38.7 Å². The normalized spacial score (nSPS) is 14.7. The zero-order valence-electron chi connectivity index (χ0n) is 22.3. The third kappa shape index (κ3) is 5.86. The van der Waals surface area contributed by atoms with E-state index in [1.807, 2.05) is 82.1 Å². The fourth-order valence-electron chi connectivity index (χ4n) is 5.15. The van der Waals surface area contributed by atoms with E-state index in [4.69, 9.17) is 4.42 Å². The van der Waals surface area contributed by atoms with Crippen molar-refractivity contribution in [1.29, 1.82) is 0 Å². The van der Waals surface area contributed by atoms with Gasteiger partial charge in [0.1, 0.15) is 6.54 Å². The zero-order chi connectivity index (χ0) is 29.6. The highest BCUT2D eigenvalue weighted by Crippen LogP contribution is 2.48. The first-order chi connectivity index (χ1) is 19.9. The van der Waals surface area contributed by atoms with Crippen LogP contribution in [0.1, 0.15) is 12.3 Å². The van der Waals surface area contributed by atoms with Gasteiger partial charge < -0.3 is 9.32 Å². The van der Waals surface area contributed by atoms with Gasteiger partial charge in [0.2, 0.25) is 15.6 Å². The maximum absolute atomic E-state index is 12.8. The van der Waals surface area contributed by atoms with Gasteiger partial charge in [-0.15, -0.1) is 0 Å². The van der Waals surface area contributed by atoms with Gasteiger partial charge in [0, 0.05) is 11.3 Å². The van der Waals surface area contributed by atoms with Gasteiger partial charge in [-0.1, -0.05) is 60.3 Å². The van der Waals surface area contributed by atoms with E-state index in [9.17, 15) is 26.2 Å². The first kappa shape index (κ1) is 28.2. The summed E-state index contributed by atoms with van der Waals surface area (Å²) in [6.45, 7) is -0.0286. The molecule has 0 unspecified atom stereocenters. The molecule has 5 aromatic rings. The highest BCUT2D eigenvalue weighted by molar-refractivity contribution is 8.04. The maximum atomic E-state index is 12.8. The smallest absolute Gasteiger partial charge is 0.376 e. The zero-order valence-corrected chi connectivity index (χ0v) is 24.8. The number of sulfonamides is 1. The van der Waals surface area contributed by atoms with E-state index in [2.05, 4.69) is 0 Å². The maximum Gasteiger partial charge on any atom is 0.376 e. The molecule has 0 aliphatic carbocycles. The van der Waals surface area contributed by atoms with Gasteiger partial charge in [-0.05, 0) is 40.4 Å². The monoisotopic (exact) mass is 624 g/mol. The highest BCUT2D eigenvalue weighted by Gasteiger charge is 2.32. The van der Waals surface area contributed by atoms with E-state index < -0.39 is 31.8 Å². The van der Waals surface area contributed by atoms with Gasteiger partial charge in [-0.2, -0.15) is 13.0 Å². The minimum atomic E-state index is -4.17. The molecule has 4 aromatic carbocycles. The van der Waals surface area contributed by atoms with Crippen LogP contribution in [0.2, 0.25) is 0 Å². The molecule has 0 atom stereocenters. The van der Waals surface area contributed by atoms with Crippen LogP contribution in [0.5, 0.6) is 0 Å². The number of oxazole rings is 1. The van der Waals surface area contributed by atoms with Gasteiger partial charge in [-0.3, -0.25) is 14.1 Å². The summed E-state index contributed by atoms with van der Waals surface area (Å²) < 4.78 is 66.1. The Morgan fingerprint density at radius 1 is 1.00 bits per heavy atom. The molecule has 0 spiro atoms. The van der Waals surface area contributed by atoms with E-state index in [1.165, 1.54) is 11.8 Å². The lowest BCUT2D eigenvalue weighted by Gasteiger charge is -2.19. The SMILES string of the molecule is CS(=O)(=O)NC(=O)CN1C(=Cc2oc3ccc4ccccc4c3[n+]2CCCS(=O)(=O)O)Sc2cc3ccccc3cc21. The number of rotatable bonds is 8. The Morgan fingerprint density at radius 3 is 2.40 bits per heavy atom. The van der Waals surface area contributed by atoms with Crippen molar-refractivity contribution in [1.82, 2.24) is 4.72 Å². The molecule has 42 heavy (non-hydrogen) atoms. The van der Waals surface area contributed by atoms with Crippen molar-refractivity contribution in [2.45, 2.75) is 17.9 Å². The van der Waals surface area contributed by atoms with Crippen LogP contribution < -0.4 is 14.2 Å². The predicted molar refractivity (Wildman–Crippen MR) is 163 cm³/mol. The van der Waals surface area contributed by atoms with Crippen LogP contribution in [0.4, 0.5) is 5.69 Å². The van der Waals surface area contributed by atoms with Crippen molar-refractivity contribution in [3.05, 3.63) is 83.7 Å². The Balaban J connectivity index is 1.49. The summed E-state index contributed by atoms with van der Waals surface area (Å²) in [5, 5.41) is 4.48. The molecule has 1 amide bonds. The number of benzene rings is 4. The van der Waals surface area contributed by atoms with E-state index >= 15 is 0 Å². The number of nitrogens with zero attached hydrogens (tertiary/aromatic N) is 2. The molecular weight excluding hydrogens is 599 g/mol.